The summed E-state index contributed by atoms with van der Waals surface area (Å²) in [5.41, 5.74) is 0.774. The Morgan fingerprint density at radius 1 is 1.30 bits per heavy atom. The Morgan fingerprint density at radius 3 is 2.85 bits per heavy atom. The van der Waals surface area contributed by atoms with E-state index < -0.39 is 0 Å². The van der Waals surface area contributed by atoms with E-state index in [9.17, 15) is 4.39 Å². The molecule has 2 aromatic rings. The summed E-state index contributed by atoms with van der Waals surface area (Å²) in [6.45, 7) is 3.03. The molecule has 1 fully saturated rings. The number of rotatable bonds is 5. The Balaban J connectivity index is 1.83. The first kappa shape index (κ1) is 13.6. The van der Waals surface area contributed by atoms with Gasteiger partial charge in [0.1, 0.15) is 17.2 Å². The number of hydrogen-bond acceptors (Lipinski definition) is 2. The van der Waals surface area contributed by atoms with Crippen LogP contribution in [0, 0.1) is 11.7 Å². The third-order valence-corrected chi connectivity index (χ3v) is 4.34. The maximum atomic E-state index is 13.3. The molecule has 1 heterocycles. The van der Waals surface area contributed by atoms with Crippen molar-refractivity contribution < 1.29 is 8.81 Å². The minimum absolute atomic E-state index is 0.208. The van der Waals surface area contributed by atoms with Gasteiger partial charge < -0.3 is 9.73 Å². The second kappa shape index (κ2) is 5.96. The van der Waals surface area contributed by atoms with Gasteiger partial charge in [-0.3, -0.25) is 0 Å². The second-order valence-corrected chi connectivity index (χ2v) is 5.83. The molecule has 0 spiro atoms. The zero-order chi connectivity index (χ0) is 13.9. The molecule has 0 saturated heterocycles. The van der Waals surface area contributed by atoms with Crippen molar-refractivity contribution in [2.45, 2.75) is 45.1 Å². The Bertz CT molecular complexity index is 571. The van der Waals surface area contributed by atoms with E-state index >= 15 is 0 Å². The number of fused-ring (bicyclic) bond motifs is 1. The summed E-state index contributed by atoms with van der Waals surface area (Å²) in [6, 6.07) is 6.95. The molecule has 0 bridgehead atoms. The molecular weight excluding hydrogens is 253 g/mol. The minimum Gasteiger partial charge on any atom is -0.459 e. The molecule has 0 radical (unpaired) electrons. The van der Waals surface area contributed by atoms with Gasteiger partial charge in [-0.15, -0.1) is 0 Å². The van der Waals surface area contributed by atoms with Gasteiger partial charge in [-0.05, 0) is 43.1 Å². The molecule has 0 amide bonds. The SMILES string of the molecule is CCNC(CC1CCCC1)c1cc2cc(F)ccc2o1. The zero-order valence-corrected chi connectivity index (χ0v) is 12.0. The average molecular weight is 275 g/mol. The van der Waals surface area contributed by atoms with Crippen LogP contribution in [0.4, 0.5) is 4.39 Å². The van der Waals surface area contributed by atoms with Crippen LogP contribution in [-0.2, 0) is 0 Å². The van der Waals surface area contributed by atoms with Crippen LogP contribution in [-0.4, -0.2) is 6.54 Å². The zero-order valence-electron chi connectivity index (χ0n) is 12.0. The lowest BCUT2D eigenvalue weighted by molar-refractivity contribution is 0.354. The number of benzene rings is 1. The first-order valence-corrected chi connectivity index (χ1v) is 7.68. The van der Waals surface area contributed by atoms with E-state index in [2.05, 4.69) is 12.2 Å². The summed E-state index contributed by atoms with van der Waals surface area (Å²) >= 11 is 0. The molecule has 1 aromatic carbocycles. The molecule has 20 heavy (non-hydrogen) atoms. The molecule has 1 unspecified atom stereocenters. The van der Waals surface area contributed by atoms with E-state index in [1.54, 1.807) is 12.1 Å². The maximum absolute atomic E-state index is 13.3. The van der Waals surface area contributed by atoms with Crippen molar-refractivity contribution in [3.8, 4) is 0 Å². The van der Waals surface area contributed by atoms with Gasteiger partial charge in [-0.2, -0.15) is 0 Å². The van der Waals surface area contributed by atoms with Crippen LogP contribution in [0.15, 0.2) is 28.7 Å². The van der Waals surface area contributed by atoms with Crippen molar-refractivity contribution in [3.63, 3.8) is 0 Å². The number of halogens is 1. The first-order chi connectivity index (χ1) is 9.76. The van der Waals surface area contributed by atoms with Crippen LogP contribution in [0.2, 0.25) is 0 Å². The summed E-state index contributed by atoms with van der Waals surface area (Å²) < 4.78 is 19.2. The van der Waals surface area contributed by atoms with Gasteiger partial charge >= 0.3 is 0 Å². The van der Waals surface area contributed by atoms with Crippen LogP contribution in [0.5, 0.6) is 0 Å². The number of hydrogen-bond donors (Lipinski definition) is 1. The predicted molar refractivity (Wildman–Crippen MR) is 79.2 cm³/mol. The molecule has 1 atom stereocenters. The maximum Gasteiger partial charge on any atom is 0.134 e. The summed E-state index contributed by atoms with van der Waals surface area (Å²) in [6.07, 6.45) is 6.49. The summed E-state index contributed by atoms with van der Waals surface area (Å²) in [5, 5.41) is 4.37. The Morgan fingerprint density at radius 2 is 2.10 bits per heavy atom. The van der Waals surface area contributed by atoms with E-state index in [0.717, 1.165) is 35.6 Å². The summed E-state index contributed by atoms with van der Waals surface area (Å²) in [7, 11) is 0. The molecule has 2 nitrogen and oxygen atoms in total. The fourth-order valence-corrected chi connectivity index (χ4v) is 3.33. The third-order valence-electron chi connectivity index (χ3n) is 4.34. The van der Waals surface area contributed by atoms with Crippen molar-refractivity contribution in [1.29, 1.82) is 0 Å². The molecule has 108 valence electrons. The monoisotopic (exact) mass is 275 g/mol. The van der Waals surface area contributed by atoms with E-state index in [-0.39, 0.29) is 11.9 Å². The quantitative estimate of drug-likeness (QED) is 0.847. The van der Waals surface area contributed by atoms with Crippen molar-refractivity contribution in [2.24, 2.45) is 5.92 Å². The summed E-state index contributed by atoms with van der Waals surface area (Å²) in [5.74, 6) is 1.53. The lowest BCUT2D eigenvalue weighted by atomic mass is 9.97. The van der Waals surface area contributed by atoms with Gasteiger partial charge in [0.15, 0.2) is 0 Å². The largest absolute Gasteiger partial charge is 0.459 e. The van der Waals surface area contributed by atoms with E-state index in [1.165, 1.54) is 31.7 Å². The Hall–Kier alpha value is -1.35. The average Bonchev–Trinajstić information content (AvgIpc) is 3.06. The third kappa shape index (κ3) is 2.88. The van der Waals surface area contributed by atoms with E-state index in [4.69, 9.17) is 4.42 Å². The normalized spacial score (nSPS) is 17.9. The minimum atomic E-state index is -0.208. The fraction of sp³-hybridized carbons (Fsp3) is 0.529. The van der Waals surface area contributed by atoms with Gasteiger partial charge in [0.2, 0.25) is 0 Å². The highest BCUT2D eigenvalue weighted by molar-refractivity contribution is 5.78. The molecular formula is C17H22FNO. The highest BCUT2D eigenvalue weighted by Gasteiger charge is 2.23. The van der Waals surface area contributed by atoms with E-state index in [1.807, 2.05) is 6.07 Å². The number of nitrogens with one attached hydrogen (secondary N) is 1. The van der Waals surface area contributed by atoms with Gasteiger partial charge in [0.05, 0.1) is 6.04 Å². The molecule has 1 saturated carbocycles. The molecule has 1 aliphatic carbocycles. The van der Waals surface area contributed by atoms with Gasteiger partial charge in [-0.1, -0.05) is 32.6 Å². The van der Waals surface area contributed by atoms with Crippen molar-refractivity contribution >= 4 is 11.0 Å². The lowest BCUT2D eigenvalue weighted by Gasteiger charge is -2.19. The molecule has 0 aliphatic heterocycles. The van der Waals surface area contributed by atoms with Crippen molar-refractivity contribution in [3.05, 3.63) is 35.8 Å². The number of furan rings is 1. The van der Waals surface area contributed by atoms with Crippen LogP contribution in [0.25, 0.3) is 11.0 Å². The fourth-order valence-electron chi connectivity index (χ4n) is 3.33. The van der Waals surface area contributed by atoms with Gasteiger partial charge in [0, 0.05) is 5.39 Å². The van der Waals surface area contributed by atoms with E-state index in [0.29, 0.717) is 0 Å². The standard InChI is InChI=1S/C17H22FNO/c1-2-19-15(9-12-5-3-4-6-12)17-11-13-10-14(18)7-8-16(13)20-17/h7-8,10-12,15,19H,2-6,9H2,1H3. The highest BCUT2D eigenvalue weighted by Crippen LogP contribution is 2.34. The first-order valence-electron chi connectivity index (χ1n) is 7.68. The van der Waals surface area contributed by atoms with Crippen LogP contribution < -0.4 is 5.32 Å². The Kier molecular flexibility index (Phi) is 4.06. The predicted octanol–water partition coefficient (Wildman–Crippen LogP) is 4.80. The second-order valence-electron chi connectivity index (χ2n) is 5.83. The van der Waals surface area contributed by atoms with Crippen molar-refractivity contribution in [1.82, 2.24) is 5.32 Å². The van der Waals surface area contributed by atoms with Crippen molar-refractivity contribution in [2.75, 3.05) is 6.54 Å². The molecule has 3 rings (SSSR count). The van der Waals surface area contributed by atoms with Crippen LogP contribution >= 0.6 is 0 Å². The smallest absolute Gasteiger partial charge is 0.134 e. The topological polar surface area (TPSA) is 25.2 Å². The van der Waals surface area contributed by atoms with Crippen LogP contribution in [0.3, 0.4) is 0 Å². The molecule has 1 aromatic heterocycles. The lowest BCUT2D eigenvalue weighted by Crippen LogP contribution is -2.22. The van der Waals surface area contributed by atoms with Crippen LogP contribution in [0.1, 0.15) is 50.8 Å². The van der Waals surface area contributed by atoms with Gasteiger partial charge in [0.25, 0.3) is 0 Å². The molecule has 3 heteroatoms. The molecule has 1 aliphatic rings. The summed E-state index contributed by atoms with van der Waals surface area (Å²) in [4.78, 5) is 0. The highest BCUT2D eigenvalue weighted by atomic mass is 19.1. The van der Waals surface area contributed by atoms with Gasteiger partial charge in [-0.25, -0.2) is 4.39 Å². The Labute approximate surface area is 119 Å². The molecule has 1 N–H and O–H groups in total.